The van der Waals surface area contributed by atoms with Crippen LogP contribution in [0.15, 0.2) is 41.3 Å². The van der Waals surface area contributed by atoms with Crippen molar-refractivity contribution in [3.8, 4) is 0 Å². The van der Waals surface area contributed by atoms with Gasteiger partial charge in [-0.05, 0) is 19.1 Å². The lowest BCUT2D eigenvalue weighted by molar-refractivity contribution is -0.120. The second-order valence-electron chi connectivity index (χ2n) is 7.98. The first-order chi connectivity index (χ1) is 16.2. The maximum Gasteiger partial charge on any atom is 0.276 e. The largest absolute Gasteiger partial charge is 0.378 e. The van der Waals surface area contributed by atoms with Crippen molar-refractivity contribution in [2.45, 2.75) is 20.3 Å². The number of aliphatic imine (C=N–C) groups is 1. The number of carbonyl (C=O) groups is 2. The minimum Gasteiger partial charge on any atom is -0.378 e. The van der Waals surface area contributed by atoms with Crippen molar-refractivity contribution < 1.29 is 23.1 Å². The van der Waals surface area contributed by atoms with E-state index in [4.69, 9.17) is 10.1 Å². The van der Waals surface area contributed by atoms with Crippen molar-refractivity contribution in [2.24, 2.45) is 16.8 Å². The zero-order chi connectivity index (χ0) is 24.8. The third kappa shape index (κ3) is 5.71. The Bertz CT molecular complexity index is 1050. The summed E-state index contributed by atoms with van der Waals surface area (Å²) in [5, 5.41) is 13.9. The molecule has 1 fully saturated rings. The number of hydrogen-bond donors (Lipinski definition) is 3. The molecule has 3 heterocycles. The van der Waals surface area contributed by atoms with Gasteiger partial charge in [-0.25, -0.2) is 8.78 Å². The fraction of sp³-hybridized carbons (Fsp3) is 0.435. The third-order valence-corrected chi connectivity index (χ3v) is 5.79. The summed E-state index contributed by atoms with van der Waals surface area (Å²) in [5.74, 6) is -2.37. The predicted molar refractivity (Wildman–Crippen MR) is 124 cm³/mol. The number of morpholine rings is 1. The lowest BCUT2D eigenvalue weighted by Gasteiger charge is -2.30. The van der Waals surface area contributed by atoms with Crippen LogP contribution >= 0.6 is 0 Å². The Morgan fingerprint density at radius 2 is 2.03 bits per heavy atom. The van der Waals surface area contributed by atoms with Crippen LogP contribution in [0.5, 0.6) is 0 Å². The van der Waals surface area contributed by atoms with E-state index in [0.717, 1.165) is 0 Å². The zero-order valence-electron chi connectivity index (χ0n) is 19.3. The number of hydrogen-bond acceptors (Lipinski definition) is 7. The van der Waals surface area contributed by atoms with E-state index in [9.17, 15) is 18.4 Å². The summed E-state index contributed by atoms with van der Waals surface area (Å²) in [6.45, 7) is 5.26. The molecule has 9 nitrogen and oxygen atoms in total. The first-order valence-electron chi connectivity index (χ1n) is 10.9. The Kier molecular flexibility index (Phi) is 8.21. The van der Waals surface area contributed by atoms with Gasteiger partial charge in [0.1, 0.15) is 5.70 Å². The molecule has 1 aromatic heterocycles. The summed E-state index contributed by atoms with van der Waals surface area (Å²) >= 11 is 0. The van der Waals surface area contributed by atoms with Gasteiger partial charge in [0.25, 0.3) is 12.3 Å². The Labute approximate surface area is 196 Å². The lowest BCUT2D eigenvalue weighted by atomic mass is 9.87. The molecule has 2 atom stereocenters. The van der Waals surface area contributed by atoms with Crippen LogP contribution in [0.3, 0.4) is 0 Å². The molecule has 0 bridgehead atoms. The summed E-state index contributed by atoms with van der Waals surface area (Å²) in [6, 6.07) is 1.58. The Balaban J connectivity index is 1.81. The molecule has 3 rings (SSSR count). The molecular formula is C23H28F2N6O3. The number of nitrogens with one attached hydrogen (secondary N) is 3. The predicted octanol–water partition coefficient (Wildman–Crippen LogP) is 2.14. The smallest absolute Gasteiger partial charge is 0.276 e. The Morgan fingerprint density at radius 1 is 1.32 bits per heavy atom. The van der Waals surface area contributed by atoms with Crippen molar-refractivity contribution in [3.63, 3.8) is 0 Å². The van der Waals surface area contributed by atoms with Crippen molar-refractivity contribution >= 4 is 28.9 Å². The number of ether oxygens (including phenoxy) is 1. The molecule has 0 radical (unpaired) electrons. The topological polar surface area (TPSA) is 120 Å². The summed E-state index contributed by atoms with van der Waals surface area (Å²) in [7, 11) is 1.52. The second kappa shape index (κ2) is 11.1. The van der Waals surface area contributed by atoms with Crippen LogP contribution in [-0.4, -0.2) is 72.9 Å². The Hall–Kier alpha value is -3.47. The van der Waals surface area contributed by atoms with Gasteiger partial charge < -0.3 is 25.7 Å². The molecule has 34 heavy (non-hydrogen) atoms. The molecule has 1 saturated heterocycles. The van der Waals surface area contributed by atoms with Crippen LogP contribution < -0.4 is 10.6 Å². The number of anilines is 1. The average molecular weight is 475 g/mol. The Morgan fingerprint density at radius 3 is 2.68 bits per heavy atom. The normalized spacial score (nSPS) is 20.7. The molecule has 0 aliphatic carbocycles. The van der Waals surface area contributed by atoms with E-state index in [0.29, 0.717) is 48.9 Å². The first-order valence-corrected chi connectivity index (χ1v) is 10.9. The summed E-state index contributed by atoms with van der Waals surface area (Å²) in [5.41, 5.74) is 1.33. The summed E-state index contributed by atoms with van der Waals surface area (Å²) in [6.07, 6.45) is 2.87. The van der Waals surface area contributed by atoms with Gasteiger partial charge >= 0.3 is 0 Å². The van der Waals surface area contributed by atoms with Gasteiger partial charge in [0.05, 0.1) is 42.4 Å². The lowest BCUT2D eigenvalue weighted by Crippen LogP contribution is -2.41. The highest BCUT2D eigenvalue weighted by molar-refractivity contribution is 6.12. The molecule has 1 aromatic rings. The quantitative estimate of drug-likeness (QED) is 0.413. The number of halogens is 2. The van der Waals surface area contributed by atoms with Gasteiger partial charge in [0.2, 0.25) is 5.91 Å². The molecule has 2 unspecified atom stereocenters. The van der Waals surface area contributed by atoms with Gasteiger partial charge in [-0.3, -0.25) is 19.6 Å². The zero-order valence-corrected chi connectivity index (χ0v) is 19.3. The van der Waals surface area contributed by atoms with Crippen molar-refractivity contribution in [3.05, 3.63) is 47.6 Å². The van der Waals surface area contributed by atoms with Crippen LogP contribution in [0.25, 0.3) is 0 Å². The number of pyridine rings is 1. The van der Waals surface area contributed by atoms with Crippen molar-refractivity contribution in [1.82, 2.24) is 15.2 Å². The van der Waals surface area contributed by atoms with Crippen LogP contribution in [0.1, 0.15) is 18.2 Å². The molecule has 11 heteroatoms. The number of aromatic nitrogens is 1. The summed E-state index contributed by atoms with van der Waals surface area (Å²) in [4.78, 5) is 35.1. The fourth-order valence-corrected chi connectivity index (χ4v) is 3.81. The number of carbonyl (C=O) groups excluding carboxylic acids is 2. The van der Waals surface area contributed by atoms with Crippen molar-refractivity contribution in [1.29, 1.82) is 5.41 Å². The molecule has 2 amide bonds. The van der Waals surface area contributed by atoms with Gasteiger partial charge in [0.15, 0.2) is 0 Å². The molecule has 0 saturated carbocycles. The maximum absolute atomic E-state index is 13.2. The summed E-state index contributed by atoms with van der Waals surface area (Å²) < 4.78 is 31.7. The SMILES string of the molecule is CNC(=O)/C(=C\C(=N)c1cc(NC(=O)C2C=CN=C(C(F)F)C2C)cnc1C)N1CCOCC1. The second-order valence-corrected chi connectivity index (χ2v) is 7.98. The van der Waals surface area contributed by atoms with Crippen LogP contribution in [0.4, 0.5) is 14.5 Å². The monoisotopic (exact) mass is 474 g/mol. The molecular weight excluding hydrogens is 446 g/mol. The van der Waals surface area contributed by atoms with Crippen LogP contribution in [-0.2, 0) is 14.3 Å². The molecule has 0 aromatic carbocycles. The number of allylic oxidation sites excluding steroid dienone is 1. The number of aryl methyl sites for hydroxylation is 1. The minimum absolute atomic E-state index is 0.0456. The van der Waals surface area contributed by atoms with E-state index in [1.165, 1.54) is 38.5 Å². The highest BCUT2D eigenvalue weighted by atomic mass is 19.3. The van der Waals surface area contributed by atoms with E-state index in [1.54, 1.807) is 13.0 Å². The van der Waals surface area contributed by atoms with Crippen LogP contribution in [0.2, 0.25) is 0 Å². The van der Waals surface area contributed by atoms with Gasteiger partial charge in [-0.15, -0.1) is 0 Å². The van der Waals surface area contributed by atoms with Crippen LogP contribution in [0, 0.1) is 24.2 Å². The van der Waals surface area contributed by atoms with E-state index in [1.807, 2.05) is 4.90 Å². The standard InChI is InChI=1S/C23H28F2N6O3/c1-13-16(4-5-28-20(13)21(24)25)22(32)30-15-10-17(14(2)29-12-15)18(26)11-19(23(33)27-3)31-6-8-34-9-7-31/h4-5,10-13,16,21,26H,6-9H2,1-3H3,(H,27,33)(H,30,32)/b19-11+,26-18?. The average Bonchev–Trinajstić information content (AvgIpc) is 2.83. The number of likely N-dealkylation sites (N-methyl/N-ethyl adjacent to an activating group) is 1. The molecule has 3 N–H and O–H groups in total. The first kappa shape index (κ1) is 25.2. The van der Waals surface area contributed by atoms with E-state index in [-0.39, 0.29) is 17.3 Å². The van der Waals surface area contributed by atoms with Gasteiger partial charge in [-0.2, -0.15) is 0 Å². The minimum atomic E-state index is -2.74. The number of rotatable bonds is 7. The molecule has 2 aliphatic rings. The number of amides is 2. The van der Waals surface area contributed by atoms with Gasteiger partial charge in [0, 0.05) is 43.5 Å². The number of alkyl halides is 2. The van der Waals surface area contributed by atoms with E-state index < -0.39 is 24.2 Å². The highest BCUT2D eigenvalue weighted by Gasteiger charge is 2.33. The van der Waals surface area contributed by atoms with Gasteiger partial charge in [-0.1, -0.05) is 13.0 Å². The fourth-order valence-electron chi connectivity index (χ4n) is 3.81. The molecule has 182 valence electrons. The van der Waals surface area contributed by atoms with Crippen molar-refractivity contribution in [2.75, 3.05) is 38.7 Å². The maximum atomic E-state index is 13.2. The molecule has 0 spiro atoms. The third-order valence-electron chi connectivity index (χ3n) is 5.79. The highest BCUT2D eigenvalue weighted by Crippen LogP contribution is 2.25. The molecule has 2 aliphatic heterocycles. The number of nitrogens with zero attached hydrogens (tertiary/aromatic N) is 3. The van der Waals surface area contributed by atoms with E-state index >= 15 is 0 Å². The van der Waals surface area contributed by atoms with E-state index in [2.05, 4.69) is 20.6 Å².